The molecule has 13 heteroatoms. The minimum Gasteiger partial charge on any atom is -0.369 e. The van der Waals surface area contributed by atoms with Gasteiger partial charge in [0, 0.05) is 30.6 Å². The Morgan fingerprint density at radius 1 is 1.15 bits per heavy atom. The fourth-order valence-corrected chi connectivity index (χ4v) is 7.56. The van der Waals surface area contributed by atoms with Crippen molar-refractivity contribution in [2.75, 3.05) is 41.4 Å². The predicted octanol–water partition coefficient (Wildman–Crippen LogP) is 4.47. The van der Waals surface area contributed by atoms with E-state index < -0.39 is 34.0 Å². The monoisotopic (exact) mass is 581 g/mol. The number of alkyl halides is 3. The molecular weight excluding hydrogens is 551 g/mol. The largest absolute Gasteiger partial charge is 0.405 e. The lowest BCUT2D eigenvalue weighted by molar-refractivity contribution is -0.127. The molecule has 39 heavy (non-hydrogen) atoms. The number of aromatic nitrogens is 1. The number of anilines is 2. The predicted molar refractivity (Wildman–Crippen MR) is 143 cm³/mol. The molecule has 0 bridgehead atoms. The summed E-state index contributed by atoms with van der Waals surface area (Å²) in [5.74, 6) is -0.707. The molecule has 1 aromatic carbocycles. The van der Waals surface area contributed by atoms with Gasteiger partial charge < -0.3 is 15.5 Å². The second-order valence-electron chi connectivity index (χ2n) is 10.6. The zero-order chi connectivity index (χ0) is 27.8. The topological polar surface area (TPSA) is 115 Å². The molecule has 2 heterocycles. The van der Waals surface area contributed by atoms with Crippen molar-refractivity contribution in [3.05, 3.63) is 30.0 Å². The molecule has 3 aliphatic rings. The first kappa shape index (κ1) is 27.7. The van der Waals surface area contributed by atoms with E-state index in [4.69, 9.17) is 0 Å². The lowest BCUT2D eigenvalue weighted by Gasteiger charge is -2.31. The van der Waals surface area contributed by atoms with Gasteiger partial charge in [-0.05, 0) is 43.4 Å². The molecule has 1 amide bonds. The van der Waals surface area contributed by atoms with Gasteiger partial charge in [0.05, 0.1) is 28.1 Å². The van der Waals surface area contributed by atoms with Gasteiger partial charge in [0.1, 0.15) is 12.1 Å². The summed E-state index contributed by atoms with van der Waals surface area (Å²) in [5.41, 5.74) is 1.45. The van der Waals surface area contributed by atoms with E-state index in [9.17, 15) is 31.6 Å². The molecule has 8 nitrogen and oxygen atoms in total. The number of nitrogens with zero attached hydrogens (tertiary/aromatic N) is 3. The minimum atomic E-state index is -4.40. The number of hydrogen-bond donors (Lipinski definition) is 2. The maximum atomic E-state index is 13.3. The Kier molecular flexibility index (Phi) is 7.54. The maximum absolute atomic E-state index is 13.3. The normalized spacial score (nSPS) is 24.0. The summed E-state index contributed by atoms with van der Waals surface area (Å²) in [7, 11) is -3.01. The van der Waals surface area contributed by atoms with Crippen LogP contribution >= 0.6 is 11.3 Å². The third kappa shape index (κ3) is 6.49. The van der Waals surface area contributed by atoms with Gasteiger partial charge in [0.15, 0.2) is 15.0 Å². The van der Waals surface area contributed by atoms with Crippen LogP contribution in [0.2, 0.25) is 0 Å². The Hall–Kier alpha value is -2.85. The zero-order valence-electron chi connectivity index (χ0n) is 21.3. The molecule has 5 rings (SSSR count). The van der Waals surface area contributed by atoms with E-state index in [0.29, 0.717) is 49.3 Å². The van der Waals surface area contributed by atoms with Crippen molar-refractivity contribution in [2.24, 2.45) is 5.92 Å². The Morgan fingerprint density at radius 2 is 1.82 bits per heavy atom. The van der Waals surface area contributed by atoms with Gasteiger partial charge >= 0.3 is 6.18 Å². The molecule has 0 radical (unpaired) electrons. The Morgan fingerprint density at radius 3 is 2.44 bits per heavy atom. The Labute approximate surface area is 229 Å². The van der Waals surface area contributed by atoms with Gasteiger partial charge in [-0.15, -0.1) is 0 Å². The number of benzene rings is 1. The summed E-state index contributed by atoms with van der Waals surface area (Å²) in [5, 5.41) is 14.9. The molecular formula is C26H30F3N5O3S2. The highest BCUT2D eigenvalue weighted by Crippen LogP contribution is 2.46. The zero-order valence-corrected chi connectivity index (χ0v) is 22.9. The third-order valence-electron chi connectivity index (χ3n) is 7.71. The minimum absolute atomic E-state index is 0.0974. The Balaban J connectivity index is 1.43. The van der Waals surface area contributed by atoms with Crippen LogP contribution in [0.3, 0.4) is 0 Å². The van der Waals surface area contributed by atoms with Crippen LogP contribution in [-0.2, 0) is 14.6 Å². The van der Waals surface area contributed by atoms with Crippen LogP contribution in [0.5, 0.6) is 0 Å². The summed E-state index contributed by atoms with van der Waals surface area (Å²) in [6.45, 7) is -0.403. The number of nitrogens with one attached hydrogen (secondary N) is 2. The van der Waals surface area contributed by atoms with Crippen molar-refractivity contribution in [3.8, 4) is 16.5 Å². The molecule has 2 N–H and O–H groups in total. The van der Waals surface area contributed by atoms with Crippen LogP contribution in [0.15, 0.2) is 24.3 Å². The van der Waals surface area contributed by atoms with Crippen LogP contribution in [-0.4, -0.2) is 62.2 Å². The fourth-order valence-electron chi connectivity index (χ4n) is 5.33. The molecule has 2 atom stereocenters. The highest BCUT2D eigenvalue weighted by Gasteiger charge is 2.47. The maximum Gasteiger partial charge on any atom is 0.405 e. The SMILES string of the molecule is N#CC1(NC(=O)[C@@H]2CCCC[C@H]2c2nc(NCC(F)(F)F)sc2-c2ccc(N3CCS(=O)(=O)CC3)cc2)CC1. The van der Waals surface area contributed by atoms with E-state index in [1.54, 1.807) is 0 Å². The van der Waals surface area contributed by atoms with E-state index in [1.165, 1.54) is 0 Å². The van der Waals surface area contributed by atoms with E-state index in [-0.39, 0.29) is 28.5 Å². The van der Waals surface area contributed by atoms with E-state index in [0.717, 1.165) is 35.4 Å². The van der Waals surface area contributed by atoms with Gasteiger partial charge in [-0.1, -0.05) is 36.3 Å². The summed E-state index contributed by atoms with van der Waals surface area (Å²) < 4.78 is 62.4. The number of carbonyl (C=O) groups is 1. The fraction of sp³-hybridized carbons (Fsp3) is 0.577. The average Bonchev–Trinajstić information content (AvgIpc) is 3.55. The average molecular weight is 582 g/mol. The number of hydrogen-bond acceptors (Lipinski definition) is 8. The number of halogens is 3. The Bertz CT molecular complexity index is 1350. The van der Waals surface area contributed by atoms with Crippen LogP contribution in [0.1, 0.15) is 50.1 Å². The van der Waals surface area contributed by atoms with Crippen molar-refractivity contribution < 1.29 is 26.4 Å². The number of amides is 1. The molecule has 2 saturated carbocycles. The smallest absolute Gasteiger partial charge is 0.369 e. The summed E-state index contributed by atoms with van der Waals surface area (Å²) >= 11 is 1.13. The van der Waals surface area contributed by atoms with Crippen molar-refractivity contribution in [1.82, 2.24) is 10.3 Å². The number of thiazole rings is 1. The van der Waals surface area contributed by atoms with Gasteiger partial charge in [-0.25, -0.2) is 13.4 Å². The number of carbonyl (C=O) groups excluding carboxylic acids is 1. The summed E-state index contributed by atoms with van der Waals surface area (Å²) in [4.78, 5) is 20.6. The molecule has 210 valence electrons. The van der Waals surface area contributed by atoms with Crippen molar-refractivity contribution >= 4 is 37.9 Å². The molecule has 1 saturated heterocycles. The van der Waals surface area contributed by atoms with Crippen molar-refractivity contribution in [1.29, 1.82) is 5.26 Å². The molecule has 2 aliphatic carbocycles. The van der Waals surface area contributed by atoms with Crippen molar-refractivity contribution in [2.45, 2.75) is 56.2 Å². The summed E-state index contributed by atoms with van der Waals surface area (Å²) in [6, 6.07) is 9.69. The van der Waals surface area contributed by atoms with Crippen LogP contribution < -0.4 is 15.5 Å². The molecule has 2 aromatic rings. The highest BCUT2D eigenvalue weighted by atomic mass is 32.2. The van der Waals surface area contributed by atoms with E-state index in [2.05, 4.69) is 21.7 Å². The molecule has 0 unspecified atom stereocenters. The standard InChI is InChI=1S/C26H30F3N5O3S2/c27-26(28,29)16-31-24-32-21(19-3-1-2-4-20(19)23(35)33-25(15-30)9-10-25)22(38-24)17-5-7-18(8-6-17)34-11-13-39(36,37)14-12-34/h5-8,19-20H,1-4,9-14,16H2,(H,31,32)(H,33,35)/t19-,20-/m1/s1. The number of sulfone groups is 1. The van der Waals surface area contributed by atoms with Gasteiger partial charge in [-0.2, -0.15) is 18.4 Å². The van der Waals surface area contributed by atoms with Gasteiger partial charge in [-0.3, -0.25) is 4.79 Å². The quantitative estimate of drug-likeness (QED) is 0.496. The summed E-state index contributed by atoms with van der Waals surface area (Å²) in [6.07, 6.45) is -0.141. The molecule has 0 spiro atoms. The highest BCUT2D eigenvalue weighted by molar-refractivity contribution is 7.91. The number of rotatable bonds is 7. The molecule has 3 fully saturated rings. The second-order valence-corrected chi connectivity index (χ2v) is 13.9. The number of nitriles is 1. The first-order valence-corrected chi connectivity index (χ1v) is 15.7. The van der Waals surface area contributed by atoms with E-state index in [1.807, 2.05) is 29.2 Å². The van der Waals surface area contributed by atoms with Gasteiger partial charge in [0.25, 0.3) is 0 Å². The lowest BCUT2D eigenvalue weighted by Crippen LogP contribution is -2.42. The van der Waals surface area contributed by atoms with Crippen LogP contribution in [0.25, 0.3) is 10.4 Å². The first-order chi connectivity index (χ1) is 18.5. The van der Waals surface area contributed by atoms with Crippen molar-refractivity contribution in [3.63, 3.8) is 0 Å². The van der Waals surface area contributed by atoms with Crippen LogP contribution in [0.4, 0.5) is 24.0 Å². The molecule has 1 aliphatic heterocycles. The molecule has 1 aromatic heterocycles. The first-order valence-electron chi connectivity index (χ1n) is 13.1. The van der Waals surface area contributed by atoms with E-state index >= 15 is 0 Å². The second kappa shape index (κ2) is 10.6. The van der Waals surface area contributed by atoms with Gasteiger partial charge in [0.2, 0.25) is 5.91 Å². The lowest BCUT2D eigenvalue weighted by atomic mass is 9.76. The third-order valence-corrected chi connectivity index (χ3v) is 10.4. The van der Waals surface area contributed by atoms with Crippen LogP contribution in [0, 0.1) is 17.2 Å².